The van der Waals surface area contributed by atoms with Crippen molar-refractivity contribution in [1.82, 2.24) is 0 Å². The molecule has 0 fully saturated rings. The summed E-state index contributed by atoms with van der Waals surface area (Å²) < 4.78 is 0. The zero-order valence-electron chi connectivity index (χ0n) is 8.50. The number of carbonyl (C=O) groups is 2. The Hall–Kier alpha value is -1.46. The minimum atomic E-state index is -1.30. The molecule has 5 nitrogen and oxygen atoms in total. The number of aliphatic carboxylic acids is 1. The Labute approximate surface area is 107 Å². The number of phenols is 1. The summed E-state index contributed by atoms with van der Waals surface area (Å²) in [5.74, 6) is -2.09. The van der Waals surface area contributed by atoms with Gasteiger partial charge < -0.3 is 20.3 Å². The monoisotopic (exact) mass is 276 g/mol. The maximum absolute atomic E-state index is 11.3. The molecule has 0 spiro atoms. The summed E-state index contributed by atoms with van der Waals surface area (Å²) in [6.07, 6.45) is -0.580. The summed E-state index contributed by atoms with van der Waals surface area (Å²) in [4.78, 5) is 21.4. The van der Waals surface area contributed by atoms with Crippen LogP contribution in [0.15, 0.2) is 12.1 Å². The molecule has 0 saturated carbocycles. The molecule has 0 bridgehead atoms. The number of aromatic hydroxyl groups is 1. The van der Waals surface area contributed by atoms with Crippen molar-refractivity contribution in [2.45, 2.75) is 12.8 Å². The standard InChI is InChI=1S/C10H9Cl2NO4/c11-6-3-5(4-7(12)10(6)17)13-8(14)1-2-9(15)16/h3-4,17H,1-2H2,(H,13,14)(H,15,16)/p-1. The van der Waals surface area contributed by atoms with Crippen LogP contribution in [0.4, 0.5) is 5.69 Å². The van der Waals surface area contributed by atoms with E-state index in [1.54, 1.807) is 0 Å². The zero-order valence-corrected chi connectivity index (χ0v) is 10.0. The fourth-order valence-corrected chi connectivity index (χ4v) is 1.56. The quantitative estimate of drug-likeness (QED) is 0.808. The summed E-state index contributed by atoms with van der Waals surface area (Å²) in [6, 6.07) is 2.61. The van der Waals surface area contributed by atoms with Gasteiger partial charge in [-0.15, -0.1) is 0 Å². The third-order valence-corrected chi connectivity index (χ3v) is 2.43. The number of rotatable bonds is 4. The molecule has 1 amide bonds. The van der Waals surface area contributed by atoms with Gasteiger partial charge in [-0.05, 0) is 18.6 Å². The Morgan fingerprint density at radius 2 is 1.76 bits per heavy atom. The molecule has 0 atom stereocenters. The second kappa shape index (κ2) is 5.75. The molecule has 0 aromatic heterocycles. The number of anilines is 1. The van der Waals surface area contributed by atoms with Crippen LogP contribution in [0.1, 0.15) is 12.8 Å². The molecule has 1 aromatic carbocycles. The molecular formula is C10H8Cl2NO4-. The number of amides is 1. The van der Waals surface area contributed by atoms with Crippen LogP contribution in [-0.4, -0.2) is 17.0 Å². The van der Waals surface area contributed by atoms with E-state index in [1.807, 2.05) is 0 Å². The lowest BCUT2D eigenvalue weighted by molar-refractivity contribution is -0.305. The number of carboxylic acid groups (broad SMARTS) is 1. The van der Waals surface area contributed by atoms with Crippen LogP contribution in [0.5, 0.6) is 5.75 Å². The summed E-state index contributed by atoms with van der Waals surface area (Å²) in [7, 11) is 0. The SMILES string of the molecule is O=C([O-])CCC(=O)Nc1cc(Cl)c(O)c(Cl)c1. The molecule has 1 aromatic rings. The first-order valence-electron chi connectivity index (χ1n) is 4.58. The highest BCUT2D eigenvalue weighted by atomic mass is 35.5. The molecule has 0 heterocycles. The molecular weight excluding hydrogens is 269 g/mol. The highest BCUT2D eigenvalue weighted by Gasteiger charge is 2.08. The van der Waals surface area contributed by atoms with E-state index in [-0.39, 0.29) is 34.3 Å². The van der Waals surface area contributed by atoms with Gasteiger partial charge in [0, 0.05) is 18.1 Å². The molecule has 0 aliphatic carbocycles. The Balaban J connectivity index is 2.69. The molecule has 0 unspecified atom stereocenters. The summed E-state index contributed by atoms with van der Waals surface area (Å²) in [5.41, 5.74) is 0.279. The van der Waals surface area contributed by atoms with Crippen LogP contribution in [0.2, 0.25) is 10.0 Å². The predicted molar refractivity (Wildman–Crippen MR) is 61.0 cm³/mol. The first-order valence-corrected chi connectivity index (χ1v) is 5.33. The van der Waals surface area contributed by atoms with Gasteiger partial charge in [0.25, 0.3) is 0 Å². The number of carboxylic acids is 1. The number of hydrogen-bond acceptors (Lipinski definition) is 4. The van der Waals surface area contributed by atoms with Gasteiger partial charge in [0.05, 0.1) is 10.0 Å². The van der Waals surface area contributed by atoms with Crippen molar-refractivity contribution in [2.75, 3.05) is 5.32 Å². The molecule has 17 heavy (non-hydrogen) atoms. The van der Waals surface area contributed by atoms with E-state index < -0.39 is 11.9 Å². The fraction of sp³-hybridized carbons (Fsp3) is 0.200. The van der Waals surface area contributed by atoms with Gasteiger partial charge in [-0.25, -0.2) is 0 Å². The Bertz CT molecular complexity index is 439. The van der Waals surface area contributed by atoms with E-state index in [4.69, 9.17) is 23.2 Å². The molecule has 0 saturated heterocycles. The Morgan fingerprint density at radius 3 is 2.24 bits per heavy atom. The number of phenolic OH excluding ortho intramolecular Hbond substituents is 1. The number of carbonyl (C=O) groups excluding carboxylic acids is 2. The van der Waals surface area contributed by atoms with Crippen LogP contribution in [-0.2, 0) is 9.59 Å². The maximum atomic E-state index is 11.3. The normalized spacial score (nSPS) is 10.0. The third kappa shape index (κ3) is 4.13. The molecule has 0 aliphatic rings. The average molecular weight is 277 g/mol. The molecule has 7 heteroatoms. The smallest absolute Gasteiger partial charge is 0.224 e. The lowest BCUT2D eigenvalue weighted by Gasteiger charge is -2.08. The van der Waals surface area contributed by atoms with Gasteiger partial charge in [-0.1, -0.05) is 23.2 Å². The van der Waals surface area contributed by atoms with Gasteiger partial charge >= 0.3 is 0 Å². The predicted octanol–water partition coefficient (Wildman–Crippen LogP) is 1.17. The van der Waals surface area contributed by atoms with Crippen molar-refractivity contribution >= 4 is 40.8 Å². The molecule has 92 valence electrons. The van der Waals surface area contributed by atoms with Crippen molar-refractivity contribution in [1.29, 1.82) is 0 Å². The summed E-state index contributed by atoms with van der Waals surface area (Å²) in [5, 5.41) is 21.8. The first-order chi connectivity index (χ1) is 7.90. The third-order valence-electron chi connectivity index (χ3n) is 1.86. The van der Waals surface area contributed by atoms with E-state index in [1.165, 1.54) is 12.1 Å². The van der Waals surface area contributed by atoms with Crippen molar-refractivity contribution in [3.05, 3.63) is 22.2 Å². The van der Waals surface area contributed by atoms with Crippen LogP contribution >= 0.6 is 23.2 Å². The minimum Gasteiger partial charge on any atom is -0.550 e. The molecule has 2 N–H and O–H groups in total. The van der Waals surface area contributed by atoms with Crippen molar-refractivity contribution < 1.29 is 19.8 Å². The number of nitrogens with one attached hydrogen (secondary N) is 1. The maximum Gasteiger partial charge on any atom is 0.224 e. The van der Waals surface area contributed by atoms with E-state index in [0.29, 0.717) is 0 Å². The second-order valence-corrected chi connectivity index (χ2v) is 4.02. The lowest BCUT2D eigenvalue weighted by Crippen LogP contribution is -2.24. The topological polar surface area (TPSA) is 89.5 Å². The molecule has 0 aliphatic heterocycles. The van der Waals surface area contributed by atoms with E-state index in [0.717, 1.165) is 0 Å². The summed E-state index contributed by atoms with van der Waals surface area (Å²) >= 11 is 11.3. The van der Waals surface area contributed by atoms with Crippen LogP contribution in [0.25, 0.3) is 0 Å². The fourth-order valence-electron chi connectivity index (χ4n) is 1.08. The molecule has 0 radical (unpaired) electrons. The highest BCUT2D eigenvalue weighted by molar-refractivity contribution is 6.37. The van der Waals surface area contributed by atoms with Gasteiger partial charge in [0.1, 0.15) is 0 Å². The largest absolute Gasteiger partial charge is 0.550 e. The van der Waals surface area contributed by atoms with Gasteiger partial charge in [-0.3, -0.25) is 4.79 Å². The van der Waals surface area contributed by atoms with Crippen LogP contribution < -0.4 is 10.4 Å². The Morgan fingerprint density at radius 1 is 1.24 bits per heavy atom. The number of hydrogen-bond donors (Lipinski definition) is 2. The van der Waals surface area contributed by atoms with Gasteiger partial charge in [-0.2, -0.15) is 0 Å². The first kappa shape index (κ1) is 13.6. The lowest BCUT2D eigenvalue weighted by atomic mass is 10.2. The van der Waals surface area contributed by atoms with Crippen molar-refractivity contribution in [3.63, 3.8) is 0 Å². The Kier molecular flexibility index (Phi) is 4.60. The number of benzene rings is 1. The minimum absolute atomic E-state index is 0.00676. The van der Waals surface area contributed by atoms with E-state index in [2.05, 4.69) is 5.32 Å². The molecule has 1 rings (SSSR count). The van der Waals surface area contributed by atoms with Crippen molar-refractivity contribution in [3.8, 4) is 5.75 Å². The van der Waals surface area contributed by atoms with Gasteiger partial charge in [0.2, 0.25) is 5.91 Å². The van der Waals surface area contributed by atoms with Crippen molar-refractivity contribution in [2.24, 2.45) is 0 Å². The van der Waals surface area contributed by atoms with Gasteiger partial charge in [0.15, 0.2) is 5.75 Å². The van der Waals surface area contributed by atoms with E-state index >= 15 is 0 Å². The zero-order chi connectivity index (χ0) is 13.0. The van der Waals surface area contributed by atoms with Crippen LogP contribution in [0, 0.1) is 0 Å². The van der Waals surface area contributed by atoms with Crippen LogP contribution in [0.3, 0.4) is 0 Å². The highest BCUT2D eigenvalue weighted by Crippen LogP contribution is 2.34. The average Bonchev–Trinajstić information content (AvgIpc) is 2.23. The summed E-state index contributed by atoms with van der Waals surface area (Å²) in [6.45, 7) is 0. The second-order valence-electron chi connectivity index (χ2n) is 3.21. The van der Waals surface area contributed by atoms with E-state index in [9.17, 15) is 19.8 Å². The number of halogens is 2.